The number of hydrogen-bond donors (Lipinski definition) is 0. The zero-order chi connectivity index (χ0) is 10.3. The minimum atomic E-state index is -0.639. The number of benzene rings is 1. The van der Waals surface area contributed by atoms with Crippen LogP contribution in [0.5, 0.6) is 0 Å². The Morgan fingerprint density at radius 2 is 1.92 bits per heavy atom. The summed E-state index contributed by atoms with van der Waals surface area (Å²) in [4.78, 5) is 0. The van der Waals surface area contributed by atoms with Gasteiger partial charge in [-0.2, -0.15) is 35.4 Å². The molecule has 0 saturated carbocycles. The van der Waals surface area contributed by atoms with Crippen LogP contribution in [0.1, 0.15) is 30.9 Å². The number of hydrogen-bond acceptors (Lipinski definition) is 0. The monoisotopic (exact) mass is 395 g/mol. The molecule has 0 atom stereocenters. The van der Waals surface area contributed by atoms with E-state index in [1.54, 1.807) is 0 Å². The van der Waals surface area contributed by atoms with Crippen molar-refractivity contribution in [3.63, 3.8) is 0 Å². The Kier molecular flexibility index (Phi) is 8.07. The fourth-order valence-electron chi connectivity index (χ4n) is 0.938. The van der Waals surface area contributed by atoms with Crippen LogP contribution in [-0.4, -0.2) is 0 Å². The number of aryl methyl sites for hydroxylation is 1. The first-order valence-electron chi connectivity index (χ1n) is 3.95. The summed E-state index contributed by atoms with van der Waals surface area (Å²) in [6.07, 6.45) is 0. The second kappa shape index (κ2) is 7.80. The van der Waals surface area contributed by atoms with Crippen LogP contribution in [0.2, 0.25) is 0 Å². The van der Waals surface area contributed by atoms with E-state index in [4.69, 9.17) is 19.3 Å². The standard InChI is InChI=1S/C10H13.2ClH.Os/c1-8(2)10-6-4-5-9(3)7-10;;;/h4-5,7-8H,1-3H3;2*1H;/q-1;;;+2/p-2. The van der Waals surface area contributed by atoms with Crippen LogP contribution in [0.4, 0.5) is 0 Å². The maximum atomic E-state index is 4.90. The molecule has 0 radical (unpaired) electrons. The van der Waals surface area contributed by atoms with Crippen molar-refractivity contribution in [1.82, 2.24) is 0 Å². The summed E-state index contributed by atoms with van der Waals surface area (Å²) in [5, 5.41) is 0. The van der Waals surface area contributed by atoms with Gasteiger partial charge in [0.15, 0.2) is 0 Å². The molecule has 0 nitrogen and oxygen atoms in total. The zero-order valence-electron chi connectivity index (χ0n) is 7.92. The van der Waals surface area contributed by atoms with Crippen LogP contribution in [0, 0.1) is 13.0 Å². The minimum absolute atomic E-state index is 0.597. The molecule has 0 fully saturated rings. The van der Waals surface area contributed by atoms with Crippen molar-refractivity contribution in [2.75, 3.05) is 0 Å². The number of rotatable bonds is 1. The average Bonchev–Trinajstić information content (AvgIpc) is 2.05. The molecule has 1 aromatic carbocycles. The molecule has 0 N–H and O–H groups in total. The molecule has 0 aromatic heterocycles. The zero-order valence-corrected chi connectivity index (χ0v) is 12.0. The van der Waals surface area contributed by atoms with E-state index < -0.39 is 15.4 Å². The molecule has 0 unspecified atom stereocenters. The van der Waals surface area contributed by atoms with Gasteiger partial charge in [0.05, 0.1) is 0 Å². The van der Waals surface area contributed by atoms with E-state index >= 15 is 0 Å². The van der Waals surface area contributed by atoms with Crippen LogP contribution in [0.15, 0.2) is 18.2 Å². The predicted molar refractivity (Wildman–Crippen MR) is 55.8 cm³/mol. The van der Waals surface area contributed by atoms with Gasteiger partial charge < -0.3 is 0 Å². The van der Waals surface area contributed by atoms with Crippen LogP contribution in [-0.2, 0) is 15.4 Å². The molecule has 0 aliphatic carbocycles. The maximum absolute atomic E-state index is 4.90. The topological polar surface area (TPSA) is 0 Å². The normalized spacial score (nSPS) is 9.69. The molecule has 13 heavy (non-hydrogen) atoms. The third-order valence-electron chi connectivity index (χ3n) is 1.60. The molecule has 76 valence electrons. The Labute approximate surface area is 96.5 Å². The van der Waals surface area contributed by atoms with Crippen LogP contribution in [0.3, 0.4) is 0 Å². The second-order valence-electron chi connectivity index (χ2n) is 3.03. The summed E-state index contributed by atoms with van der Waals surface area (Å²) >= 11 is -0.639. The summed E-state index contributed by atoms with van der Waals surface area (Å²) in [6, 6.07) is 9.46. The molecule has 1 aromatic rings. The van der Waals surface area contributed by atoms with E-state index in [1.807, 2.05) is 6.07 Å². The van der Waals surface area contributed by atoms with Crippen LogP contribution >= 0.6 is 19.3 Å². The predicted octanol–water partition coefficient (Wildman–Crippen LogP) is 4.30. The van der Waals surface area contributed by atoms with Gasteiger partial charge in [0, 0.05) is 0 Å². The third kappa shape index (κ3) is 6.50. The quantitative estimate of drug-likeness (QED) is 0.624. The Morgan fingerprint density at radius 1 is 1.38 bits per heavy atom. The van der Waals surface area contributed by atoms with Gasteiger partial charge >= 0.3 is 34.7 Å². The first-order chi connectivity index (χ1) is 6.11. The second-order valence-corrected chi connectivity index (χ2v) is 6.70. The van der Waals surface area contributed by atoms with Gasteiger partial charge in [-0.15, -0.1) is 0 Å². The Morgan fingerprint density at radius 3 is 2.23 bits per heavy atom. The first-order valence-corrected chi connectivity index (χ1v) is 10.2. The Hall–Kier alpha value is 0.436. The van der Waals surface area contributed by atoms with Gasteiger partial charge in [-0.25, -0.2) is 0 Å². The van der Waals surface area contributed by atoms with Crippen molar-refractivity contribution in [3.05, 3.63) is 35.4 Å². The Bertz CT molecular complexity index is 236. The third-order valence-corrected chi connectivity index (χ3v) is 1.60. The van der Waals surface area contributed by atoms with E-state index in [0.29, 0.717) is 5.92 Å². The van der Waals surface area contributed by atoms with E-state index in [1.165, 1.54) is 11.1 Å². The van der Waals surface area contributed by atoms with E-state index in [9.17, 15) is 0 Å². The average molecular weight is 394 g/mol. The van der Waals surface area contributed by atoms with E-state index in [0.717, 1.165) is 0 Å². The summed E-state index contributed by atoms with van der Waals surface area (Å²) in [6.45, 7) is 6.48. The van der Waals surface area contributed by atoms with Crippen molar-refractivity contribution < 1.29 is 15.4 Å². The van der Waals surface area contributed by atoms with Crippen molar-refractivity contribution in [1.29, 1.82) is 0 Å². The van der Waals surface area contributed by atoms with Gasteiger partial charge in [-0.3, -0.25) is 0 Å². The van der Waals surface area contributed by atoms with Crippen molar-refractivity contribution in [3.8, 4) is 0 Å². The summed E-state index contributed by atoms with van der Waals surface area (Å²) in [7, 11) is 9.81. The molecular formula is C10H13Cl2Os-. The van der Waals surface area contributed by atoms with Gasteiger partial charge in [0.2, 0.25) is 0 Å². The molecular weight excluding hydrogens is 381 g/mol. The summed E-state index contributed by atoms with van der Waals surface area (Å²) in [5.41, 5.74) is 2.63. The van der Waals surface area contributed by atoms with E-state index in [-0.39, 0.29) is 0 Å². The molecule has 0 aliphatic rings. The molecule has 0 saturated heterocycles. The number of halogens is 2. The van der Waals surface area contributed by atoms with Crippen LogP contribution in [0.25, 0.3) is 0 Å². The van der Waals surface area contributed by atoms with Gasteiger partial charge in [0.25, 0.3) is 0 Å². The molecule has 1 rings (SSSR count). The van der Waals surface area contributed by atoms with E-state index in [2.05, 4.69) is 39.0 Å². The van der Waals surface area contributed by atoms with Gasteiger partial charge in [0.1, 0.15) is 0 Å². The molecule has 0 aliphatic heterocycles. The molecule has 3 heteroatoms. The van der Waals surface area contributed by atoms with Crippen molar-refractivity contribution >= 4 is 19.3 Å². The fraction of sp³-hybridized carbons (Fsp3) is 0.400. The molecule has 0 spiro atoms. The van der Waals surface area contributed by atoms with Crippen molar-refractivity contribution in [2.24, 2.45) is 0 Å². The molecule has 0 heterocycles. The van der Waals surface area contributed by atoms with Gasteiger partial charge in [-0.05, 0) is 5.92 Å². The van der Waals surface area contributed by atoms with Crippen LogP contribution < -0.4 is 0 Å². The van der Waals surface area contributed by atoms with Gasteiger partial charge in [-0.1, -0.05) is 20.8 Å². The molecule has 0 amide bonds. The SMILES string of the molecule is Cc1cc[c-]c(C(C)C)c1.[Cl][Os][Cl]. The fourth-order valence-corrected chi connectivity index (χ4v) is 0.938. The summed E-state index contributed by atoms with van der Waals surface area (Å²) in [5.74, 6) is 0.597. The summed E-state index contributed by atoms with van der Waals surface area (Å²) < 4.78 is 0. The molecule has 0 bridgehead atoms. The first kappa shape index (κ1) is 13.4. The van der Waals surface area contributed by atoms with Crippen molar-refractivity contribution in [2.45, 2.75) is 26.7 Å². The Balaban J connectivity index is 0.000000424.